The number of piperidine rings is 1. The van der Waals surface area contributed by atoms with Gasteiger partial charge in [0.25, 0.3) is 0 Å². The lowest BCUT2D eigenvalue weighted by Gasteiger charge is -2.23. The van der Waals surface area contributed by atoms with E-state index in [-0.39, 0.29) is 11.8 Å². The van der Waals surface area contributed by atoms with E-state index in [0.717, 1.165) is 30.3 Å². The van der Waals surface area contributed by atoms with E-state index in [1.54, 1.807) is 6.07 Å². The summed E-state index contributed by atoms with van der Waals surface area (Å²) in [5.74, 6) is 0.155. The Labute approximate surface area is 114 Å². The largest absolute Gasteiger partial charge is 0.313 e. The Bertz CT molecular complexity index is 466. The molecule has 1 aliphatic rings. The summed E-state index contributed by atoms with van der Waals surface area (Å²) in [6.07, 6.45) is 3.19. The molecule has 0 aliphatic carbocycles. The van der Waals surface area contributed by atoms with Crippen molar-refractivity contribution < 1.29 is 8.42 Å². The molecular weight excluding hydrogens is 324 g/mol. The Hall–Kier alpha value is -0.110. The van der Waals surface area contributed by atoms with E-state index in [9.17, 15) is 8.42 Å². The van der Waals surface area contributed by atoms with Crippen molar-refractivity contribution in [1.82, 2.24) is 5.32 Å². The van der Waals surface area contributed by atoms with E-state index in [1.807, 2.05) is 5.38 Å². The summed E-state index contributed by atoms with van der Waals surface area (Å²) in [5, 5.41) is 5.76. The number of nitrogens with one attached hydrogen (secondary N) is 2. The first-order valence-electron chi connectivity index (χ1n) is 5.53. The lowest BCUT2D eigenvalue weighted by atomic mass is 10.1. The van der Waals surface area contributed by atoms with E-state index in [0.29, 0.717) is 5.00 Å². The SMILES string of the molecule is O=S(=O)(CC1CCCCN1)Nc1cc(Br)cs1. The minimum Gasteiger partial charge on any atom is -0.313 e. The van der Waals surface area contributed by atoms with Crippen LogP contribution in [0.15, 0.2) is 15.9 Å². The number of thiophene rings is 1. The third kappa shape index (κ3) is 4.24. The molecule has 1 aliphatic heterocycles. The summed E-state index contributed by atoms with van der Waals surface area (Å²) in [5.41, 5.74) is 0. The second kappa shape index (κ2) is 5.69. The molecule has 1 fully saturated rings. The van der Waals surface area contributed by atoms with Crippen LogP contribution < -0.4 is 10.0 Å². The molecule has 1 atom stereocenters. The monoisotopic (exact) mass is 338 g/mol. The van der Waals surface area contributed by atoms with Gasteiger partial charge in [0.15, 0.2) is 0 Å². The summed E-state index contributed by atoms with van der Waals surface area (Å²) >= 11 is 4.68. The van der Waals surface area contributed by atoms with Crippen LogP contribution in [0.4, 0.5) is 5.00 Å². The number of rotatable bonds is 4. The van der Waals surface area contributed by atoms with Crippen molar-refractivity contribution in [2.75, 3.05) is 17.0 Å². The Kier molecular flexibility index (Phi) is 4.46. The average molecular weight is 339 g/mol. The van der Waals surface area contributed by atoms with Crippen molar-refractivity contribution in [2.24, 2.45) is 0 Å². The molecule has 0 spiro atoms. The zero-order valence-electron chi connectivity index (χ0n) is 9.28. The van der Waals surface area contributed by atoms with Crippen molar-refractivity contribution in [3.8, 4) is 0 Å². The molecule has 0 radical (unpaired) electrons. The van der Waals surface area contributed by atoms with Crippen LogP contribution >= 0.6 is 27.3 Å². The molecule has 0 aromatic carbocycles. The van der Waals surface area contributed by atoms with E-state index in [2.05, 4.69) is 26.0 Å². The highest BCUT2D eigenvalue weighted by molar-refractivity contribution is 9.10. The van der Waals surface area contributed by atoms with Gasteiger partial charge < -0.3 is 5.32 Å². The second-order valence-corrected chi connectivity index (χ2v) is 7.75. The smallest absolute Gasteiger partial charge is 0.234 e. The number of hydrogen-bond acceptors (Lipinski definition) is 4. The predicted octanol–water partition coefficient (Wildman–Crippen LogP) is 2.39. The Morgan fingerprint density at radius 3 is 2.94 bits per heavy atom. The van der Waals surface area contributed by atoms with Gasteiger partial charge in [-0.2, -0.15) is 0 Å². The normalized spacial score (nSPS) is 21.4. The average Bonchev–Trinajstić information content (AvgIpc) is 2.63. The van der Waals surface area contributed by atoms with Crippen LogP contribution in [0.1, 0.15) is 19.3 Å². The lowest BCUT2D eigenvalue weighted by Crippen LogP contribution is -2.40. The Morgan fingerprint density at radius 2 is 2.35 bits per heavy atom. The van der Waals surface area contributed by atoms with E-state index in [4.69, 9.17) is 0 Å². The van der Waals surface area contributed by atoms with Crippen molar-refractivity contribution in [2.45, 2.75) is 25.3 Å². The van der Waals surface area contributed by atoms with Crippen molar-refractivity contribution in [1.29, 1.82) is 0 Å². The van der Waals surface area contributed by atoms with Gasteiger partial charge in [-0.3, -0.25) is 4.72 Å². The van der Waals surface area contributed by atoms with Gasteiger partial charge >= 0.3 is 0 Å². The summed E-state index contributed by atoms with van der Waals surface area (Å²) in [7, 11) is -3.24. The zero-order chi connectivity index (χ0) is 12.3. The van der Waals surface area contributed by atoms with Gasteiger partial charge in [0.2, 0.25) is 10.0 Å². The van der Waals surface area contributed by atoms with Gasteiger partial charge in [0, 0.05) is 15.9 Å². The number of halogens is 1. The summed E-state index contributed by atoms with van der Waals surface area (Å²) in [6, 6.07) is 1.86. The quantitative estimate of drug-likeness (QED) is 0.886. The molecule has 2 N–H and O–H groups in total. The van der Waals surface area contributed by atoms with E-state index in [1.165, 1.54) is 11.3 Å². The maximum Gasteiger partial charge on any atom is 0.234 e. The van der Waals surface area contributed by atoms with Crippen LogP contribution in [0.3, 0.4) is 0 Å². The minimum atomic E-state index is -3.24. The summed E-state index contributed by atoms with van der Waals surface area (Å²) < 4.78 is 27.3. The summed E-state index contributed by atoms with van der Waals surface area (Å²) in [4.78, 5) is 0. The standard InChI is InChI=1S/C10H15BrN2O2S2/c11-8-5-10(16-6-8)13-17(14,15)7-9-3-1-2-4-12-9/h5-6,9,12-13H,1-4,7H2. The molecule has 17 heavy (non-hydrogen) atoms. The van der Waals surface area contributed by atoms with E-state index >= 15 is 0 Å². The molecule has 2 rings (SSSR count). The maximum atomic E-state index is 11.9. The lowest BCUT2D eigenvalue weighted by molar-refractivity contribution is 0.424. The first kappa shape index (κ1) is 13.3. The van der Waals surface area contributed by atoms with Crippen LogP contribution in [0.2, 0.25) is 0 Å². The highest BCUT2D eigenvalue weighted by Gasteiger charge is 2.21. The van der Waals surface area contributed by atoms with Crippen LogP contribution in [-0.4, -0.2) is 26.8 Å². The molecule has 2 heterocycles. The fourth-order valence-electron chi connectivity index (χ4n) is 1.89. The fraction of sp³-hybridized carbons (Fsp3) is 0.600. The van der Waals surface area contributed by atoms with Crippen molar-refractivity contribution in [3.63, 3.8) is 0 Å². The molecule has 0 bridgehead atoms. The van der Waals surface area contributed by atoms with Gasteiger partial charge in [-0.05, 0) is 41.4 Å². The molecule has 96 valence electrons. The molecule has 7 heteroatoms. The highest BCUT2D eigenvalue weighted by Crippen LogP contribution is 2.25. The highest BCUT2D eigenvalue weighted by atomic mass is 79.9. The van der Waals surface area contributed by atoms with Gasteiger partial charge in [-0.1, -0.05) is 6.42 Å². The Balaban J connectivity index is 1.94. The summed E-state index contributed by atoms with van der Waals surface area (Å²) in [6.45, 7) is 0.921. The van der Waals surface area contributed by atoms with Crippen LogP contribution in [0, 0.1) is 0 Å². The van der Waals surface area contributed by atoms with Gasteiger partial charge in [0.1, 0.15) is 5.00 Å². The molecule has 4 nitrogen and oxygen atoms in total. The molecule has 0 amide bonds. The minimum absolute atomic E-state index is 0.0876. The third-order valence-corrected chi connectivity index (χ3v) is 5.76. The zero-order valence-corrected chi connectivity index (χ0v) is 12.5. The maximum absolute atomic E-state index is 11.9. The molecule has 1 aromatic heterocycles. The molecular formula is C10H15BrN2O2S2. The van der Waals surface area contributed by atoms with Crippen LogP contribution in [-0.2, 0) is 10.0 Å². The van der Waals surface area contributed by atoms with E-state index < -0.39 is 10.0 Å². The van der Waals surface area contributed by atoms with Gasteiger partial charge in [0.05, 0.1) is 5.75 Å². The number of hydrogen-bond donors (Lipinski definition) is 2. The second-order valence-electron chi connectivity index (χ2n) is 4.16. The number of anilines is 1. The van der Waals surface area contributed by atoms with Gasteiger partial charge in [-0.25, -0.2) is 8.42 Å². The molecule has 1 unspecified atom stereocenters. The molecule has 1 saturated heterocycles. The van der Waals surface area contributed by atoms with Crippen molar-refractivity contribution in [3.05, 3.63) is 15.9 Å². The van der Waals surface area contributed by atoms with Crippen LogP contribution in [0.5, 0.6) is 0 Å². The predicted molar refractivity (Wildman–Crippen MR) is 75.1 cm³/mol. The van der Waals surface area contributed by atoms with Gasteiger partial charge in [-0.15, -0.1) is 11.3 Å². The topological polar surface area (TPSA) is 58.2 Å². The number of sulfonamides is 1. The van der Waals surface area contributed by atoms with Crippen LogP contribution in [0.25, 0.3) is 0 Å². The van der Waals surface area contributed by atoms with Crippen molar-refractivity contribution >= 4 is 42.3 Å². The molecule has 0 saturated carbocycles. The first-order valence-corrected chi connectivity index (χ1v) is 8.85. The first-order chi connectivity index (χ1) is 8.05. The molecule has 1 aromatic rings. The Morgan fingerprint density at radius 1 is 1.53 bits per heavy atom. The fourth-order valence-corrected chi connectivity index (χ4v) is 4.89. The third-order valence-electron chi connectivity index (χ3n) is 2.66.